The molecule has 0 aromatic heterocycles. The van der Waals surface area contributed by atoms with E-state index in [2.05, 4.69) is 9.44 Å². The number of hydrogen-bond acceptors (Lipinski definition) is 4. The van der Waals surface area contributed by atoms with Crippen molar-refractivity contribution in [2.45, 2.75) is 62.8 Å². The molecular formula is C21H30N2O4S2. The summed E-state index contributed by atoms with van der Waals surface area (Å²) in [6.45, 7) is 8.96. The predicted molar refractivity (Wildman–Crippen MR) is 117 cm³/mol. The number of benzene rings is 2. The molecule has 0 aliphatic rings. The van der Waals surface area contributed by atoms with E-state index in [-0.39, 0.29) is 10.6 Å². The molecule has 2 aromatic carbocycles. The van der Waals surface area contributed by atoms with Crippen LogP contribution in [-0.4, -0.2) is 27.9 Å². The van der Waals surface area contributed by atoms with Crippen LogP contribution in [0.3, 0.4) is 0 Å². The smallest absolute Gasteiger partial charge is 0.212 e. The molecule has 2 aromatic rings. The molecule has 2 N–H and O–H groups in total. The third kappa shape index (κ3) is 7.89. The van der Waals surface area contributed by atoms with Crippen LogP contribution in [0.25, 0.3) is 0 Å². The van der Waals surface area contributed by atoms with E-state index < -0.39 is 31.1 Å². The number of rotatable bonds is 8. The first-order valence-electron chi connectivity index (χ1n) is 9.36. The summed E-state index contributed by atoms with van der Waals surface area (Å²) >= 11 is 0. The van der Waals surface area contributed by atoms with E-state index in [1.165, 1.54) is 12.1 Å². The minimum Gasteiger partial charge on any atom is -0.212 e. The van der Waals surface area contributed by atoms with Gasteiger partial charge in [0.05, 0.1) is 10.6 Å². The van der Waals surface area contributed by atoms with Crippen LogP contribution in [0, 0.1) is 0 Å². The first-order valence-corrected chi connectivity index (χ1v) is 12.5. The van der Waals surface area contributed by atoms with Gasteiger partial charge in [-0.25, -0.2) is 26.3 Å². The molecule has 0 radical (unpaired) electrons. The average molecular weight is 439 g/mol. The van der Waals surface area contributed by atoms with E-state index in [0.717, 1.165) is 11.1 Å². The van der Waals surface area contributed by atoms with E-state index in [1.54, 1.807) is 71.0 Å². The number of sulfonamides is 2. The Morgan fingerprint density at radius 2 is 1.28 bits per heavy atom. The van der Waals surface area contributed by atoms with Gasteiger partial charge in [-0.1, -0.05) is 42.5 Å². The molecule has 8 heteroatoms. The topological polar surface area (TPSA) is 92.3 Å². The highest BCUT2D eigenvalue weighted by molar-refractivity contribution is 7.89. The molecule has 160 valence electrons. The van der Waals surface area contributed by atoms with E-state index in [9.17, 15) is 16.8 Å². The van der Waals surface area contributed by atoms with Crippen molar-refractivity contribution in [1.29, 1.82) is 0 Å². The van der Waals surface area contributed by atoms with Gasteiger partial charge in [-0.05, 0) is 64.3 Å². The quantitative estimate of drug-likeness (QED) is 0.662. The third-order valence-corrected chi connectivity index (χ3v) is 7.30. The first-order chi connectivity index (χ1) is 13.2. The Kier molecular flexibility index (Phi) is 6.94. The molecule has 0 fully saturated rings. The highest BCUT2D eigenvalue weighted by atomic mass is 32.2. The normalized spacial score (nSPS) is 13.4. The Morgan fingerprint density at radius 1 is 0.724 bits per heavy atom. The standard InChI is InChI=1S/C21H30N2O4S2/c1-20(2,3)22-29(26,27)19-13-11-17(12-14-19)15-21(4,5)23-28(24,25)16-18-9-7-6-8-10-18/h6-14,22-23H,15-16H2,1-5H3. The van der Waals surface area contributed by atoms with E-state index >= 15 is 0 Å². The molecule has 0 atom stereocenters. The van der Waals surface area contributed by atoms with Gasteiger partial charge in [0.15, 0.2) is 0 Å². The fourth-order valence-corrected chi connectivity index (χ4v) is 6.08. The second-order valence-electron chi connectivity index (χ2n) is 8.91. The van der Waals surface area contributed by atoms with Gasteiger partial charge < -0.3 is 0 Å². The zero-order chi connectivity index (χ0) is 21.9. The maximum atomic E-state index is 12.5. The molecule has 0 amide bonds. The molecular weight excluding hydrogens is 408 g/mol. The summed E-state index contributed by atoms with van der Waals surface area (Å²) in [6, 6.07) is 15.5. The monoisotopic (exact) mass is 438 g/mol. The van der Waals surface area contributed by atoms with Gasteiger partial charge in [-0.15, -0.1) is 0 Å². The second kappa shape index (κ2) is 8.55. The fraction of sp³-hybridized carbons (Fsp3) is 0.429. The average Bonchev–Trinajstić information content (AvgIpc) is 2.52. The van der Waals surface area contributed by atoms with Crippen molar-refractivity contribution in [2.75, 3.05) is 0 Å². The van der Waals surface area contributed by atoms with Crippen LogP contribution in [0.2, 0.25) is 0 Å². The summed E-state index contributed by atoms with van der Waals surface area (Å²) in [6.07, 6.45) is 0.425. The lowest BCUT2D eigenvalue weighted by molar-refractivity contribution is 0.450. The summed E-state index contributed by atoms with van der Waals surface area (Å²) in [5, 5.41) is 0. The van der Waals surface area contributed by atoms with E-state index in [1.807, 2.05) is 6.07 Å². The Morgan fingerprint density at radius 3 is 1.79 bits per heavy atom. The summed E-state index contributed by atoms with van der Waals surface area (Å²) < 4.78 is 55.2. The Hall–Kier alpha value is -1.74. The summed E-state index contributed by atoms with van der Waals surface area (Å²) in [5.74, 6) is -0.0904. The lowest BCUT2D eigenvalue weighted by Crippen LogP contribution is -2.45. The van der Waals surface area contributed by atoms with Gasteiger partial charge in [0.25, 0.3) is 0 Å². The SMILES string of the molecule is CC(C)(C)NS(=O)(=O)c1ccc(CC(C)(C)NS(=O)(=O)Cc2ccccc2)cc1. The third-order valence-electron chi connectivity index (χ3n) is 3.95. The lowest BCUT2D eigenvalue weighted by atomic mass is 9.96. The zero-order valence-electron chi connectivity index (χ0n) is 17.6. The predicted octanol–water partition coefficient (Wildman–Crippen LogP) is 3.20. The summed E-state index contributed by atoms with van der Waals surface area (Å²) in [7, 11) is -7.12. The molecule has 2 rings (SSSR count). The van der Waals surface area contributed by atoms with Crippen LogP contribution >= 0.6 is 0 Å². The second-order valence-corrected chi connectivity index (χ2v) is 12.3. The van der Waals surface area contributed by atoms with Gasteiger partial charge in [0, 0.05) is 11.1 Å². The van der Waals surface area contributed by atoms with Gasteiger partial charge in [0.2, 0.25) is 20.0 Å². The van der Waals surface area contributed by atoms with Crippen LogP contribution in [0.4, 0.5) is 0 Å². The largest absolute Gasteiger partial charge is 0.241 e. The molecule has 0 bridgehead atoms. The maximum Gasteiger partial charge on any atom is 0.241 e. The molecule has 0 spiro atoms. The summed E-state index contributed by atoms with van der Waals surface area (Å²) in [4.78, 5) is 0.179. The molecule has 6 nitrogen and oxygen atoms in total. The fourth-order valence-electron chi connectivity index (χ4n) is 3.05. The molecule has 0 aliphatic heterocycles. The highest BCUT2D eigenvalue weighted by Crippen LogP contribution is 2.19. The minimum atomic E-state index is -3.60. The van der Waals surface area contributed by atoms with Crippen molar-refractivity contribution in [3.63, 3.8) is 0 Å². The van der Waals surface area contributed by atoms with Crippen molar-refractivity contribution in [3.05, 3.63) is 65.7 Å². The van der Waals surface area contributed by atoms with Crippen LogP contribution in [0.1, 0.15) is 45.7 Å². The van der Waals surface area contributed by atoms with Gasteiger partial charge in [-0.3, -0.25) is 0 Å². The van der Waals surface area contributed by atoms with Gasteiger partial charge >= 0.3 is 0 Å². The van der Waals surface area contributed by atoms with Crippen LogP contribution in [-0.2, 0) is 32.2 Å². The minimum absolute atomic E-state index is 0.0904. The van der Waals surface area contributed by atoms with Crippen molar-refractivity contribution in [1.82, 2.24) is 9.44 Å². The molecule has 0 unspecified atom stereocenters. The first kappa shape index (κ1) is 23.5. The maximum absolute atomic E-state index is 12.5. The Balaban J connectivity index is 2.08. The highest BCUT2D eigenvalue weighted by Gasteiger charge is 2.26. The molecule has 0 saturated heterocycles. The van der Waals surface area contributed by atoms with Crippen LogP contribution in [0.15, 0.2) is 59.5 Å². The molecule has 0 aliphatic carbocycles. The van der Waals surface area contributed by atoms with Crippen molar-refractivity contribution in [3.8, 4) is 0 Å². The molecule has 0 saturated carbocycles. The number of hydrogen-bond donors (Lipinski definition) is 2. The van der Waals surface area contributed by atoms with Crippen molar-refractivity contribution in [2.24, 2.45) is 0 Å². The van der Waals surface area contributed by atoms with Crippen molar-refractivity contribution >= 4 is 20.0 Å². The van der Waals surface area contributed by atoms with Gasteiger partial charge in [0.1, 0.15) is 0 Å². The molecule has 29 heavy (non-hydrogen) atoms. The Labute approximate surface area is 174 Å². The van der Waals surface area contributed by atoms with Crippen LogP contribution in [0.5, 0.6) is 0 Å². The van der Waals surface area contributed by atoms with Crippen molar-refractivity contribution < 1.29 is 16.8 Å². The Bertz CT molecular complexity index is 1020. The van der Waals surface area contributed by atoms with Gasteiger partial charge in [-0.2, -0.15) is 0 Å². The molecule has 0 heterocycles. The number of nitrogens with one attached hydrogen (secondary N) is 2. The zero-order valence-corrected chi connectivity index (χ0v) is 19.2. The van der Waals surface area contributed by atoms with E-state index in [0.29, 0.717) is 6.42 Å². The van der Waals surface area contributed by atoms with E-state index in [4.69, 9.17) is 0 Å². The lowest BCUT2D eigenvalue weighted by Gasteiger charge is -2.26. The van der Waals surface area contributed by atoms with Crippen LogP contribution < -0.4 is 9.44 Å². The summed E-state index contributed by atoms with van der Waals surface area (Å²) in [5.41, 5.74) is 0.262.